The van der Waals surface area contributed by atoms with Crippen molar-refractivity contribution in [3.8, 4) is 0 Å². The molecule has 1 heterocycles. The van der Waals surface area contributed by atoms with Gasteiger partial charge in [-0.15, -0.1) is 0 Å². The molecule has 0 saturated carbocycles. The van der Waals surface area contributed by atoms with Gasteiger partial charge in [0.15, 0.2) is 0 Å². The first-order valence-corrected chi connectivity index (χ1v) is 6.13. The molecule has 1 aromatic rings. The normalized spacial score (nSPS) is 10.9. The summed E-state index contributed by atoms with van der Waals surface area (Å²) in [5.41, 5.74) is 0.478. The van der Waals surface area contributed by atoms with Crippen molar-refractivity contribution in [2.45, 2.75) is 26.8 Å². The minimum atomic E-state index is -0.374. The fourth-order valence-electron chi connectivity index (χ4n) is 1.80. The first kappa shape index (κ1) is 14.7. The number of methoxy groups -OCH3 is 1. The van der Waals surface area contributed by atoms with Crippen LogP contribution in [0.2, 0.25) is 0 Å². The Balaban J connectivity index is 2.69. The van der Waals surface area contributed by atoms with Crippen LogP contribution in [0.5, 0.6) is 0 Å². The van der Waals surface area contributed by atoms with Crippen LogP contribution in [0.1, 0.15) is 35.2 Å². The van der Waals surface area contributed by atoms with E-state index in [9.17, 15) is 4.79 Å². The zero-order valence-corrected chi connectivity index (χ0v) is 11.2. The fourth-order valence-corrected chi connectivity index (χ4v) is 1.80. The Morgan fingerprint density at radius 3 is 2.83 bits per heavy atom. The molecule has 0 aromatic carbocycles. The molecule has 5 nitrogen and oxygen atoms in total. The molecule has 1 N–H and O–H groups in total. The number of hydrogen-bond acceptors (Lipinski definition) is 5. The predicted molar refractivity (Wildman–Crippen MR) is 67.4 cm³/mol. The van der Waals surface area contributed by atoms with Crippen molar-refractivity contribution in [1.29, 1.82) is 0 Å². The number of esters is 1. The molecule has 0 saturated heterocycles. The molecule has 0 spiro atoms. The highest BCUT2D eigenvalue weighted by atomic mass is 16.5. The zero-order chi connectivity index (χ0) is 13.5. The van der Waals surface area contributed by atoms with Crippen LogP contribution in [-0.4, -0.2) is 42.8 Å². The van der Waals surface area contributed by atoms with Gasteiger partial charge in [-0.25, -0.2) is 4.79 Å². The van der Waals surface area contributed by atoms with Crippen LogP contribution < -0.4 is 0 Å². The van der Waals surface area contributed by atoms with Gasteiger partial charge in [-0.1, -0.05) is 6.92 Å². The summed E-state index contributed by atoms with van der Waals surface area (Å²) in [4.78, 5) is 13.6. The maximum absolute atomic E-state index is 11.4. The Kier molecular flexibility index (Phi) is 5.88. The van der Waals surface area contributed by atoms with Crippen molar-refractivity contribution < 1.29 is 19.1 Å². The number of aryl methyl sites for hydroxylation is 1. The highest BCUT2D eigenvalue weighted by Crippen LogP contribution is 2.17. The predicted octanol–water partition coefficient (Wildman–Crippen LogP) is 1.58. The van der Waals surface area contributed by atoms with E-state index in [-0.39, 0.29) is 12.6 Å². The lowest BCUT2D eigenvalue weighted by atomic mass is 10.2. The van der Waals surface area contributed by atoms with Crippen molar-refractivity contribution in [1.82, 2.24) is 4.90 Å². The lowest BCUT2D eigenvalue weighted by Crippen LogP contribution is -2.24. The molecule has 0 aliphatic rings. The van der Waals surface area contributed by atoms with Crippen molar-refractivity contribution in [3.63, 3.8) is 0 Å². The molecule has 0 amide bonds. The van der Waals surface area contributed by atoms with Crippen LogP contribution in [0.15, 0.2) is 10.5 Å². The number of carbonyl (C=O) groups excluding carboxylic acids is 1. The van der Waals surface area contributed by atoms with Gasteiger partial charge in [-0.3, -0.25) is 4.90 Å². The van der Waals surface area contributed by atoms with E-state index in [2.05, 4.69) is 9.64 Å². The average Bonchev–Trinajstić information content (AvgIpc) is 2.74. The second-order valence-electron chi connectivity index (χ2n) is 4.12. The van der Waals surface area contributed by atoms with Gasteiger partial charge in [0.2, 0.25) is 0 Å². The molecule has 5 heteroatoms. The molecule has 1 aromatic heterocycles. The van der Waals surface area contributed by atoms with E-state index < -0.39 is 0 Å². The average molecular weight is 255 g/mol. The van der Waals surface area contributed by atoms with Gasteiger partial charge in [0, 0.05) is 13.2 Å². The lowest BCUT2D eigenvalue weighted by Gasteiger charge is -2.18. The number of nitrogens with zero attached hydrogens (tertiary/aromatic N) is 1. The van der Waals surface area contributed by atoms with Gasteiger partial charge in [-0.2, -0.15) is 0 Å². The molecule has 0 unspecified atom stereocenters. The highest BCUT2D eigenvalue weighted by Gasteiger charge is 2.16. The van der Waals surface area contributed by atoms with Crippen molar-refractivity contribution in [2.24, 2.45) is 0 Å². The Morgan fingerprint density at radius 1 is 1.56 bits per heavy atom. The number of aliphatic hydroxyl groups is 1. The van der Waals surface area contributed by atoms with E-state index in [0.29, 0.717) is 17.9 Å². The largest absolute Gasteiger partial charge is 0.465 e. The van der Waals surface area contributed by atoms with Gasteiger partial charge < -0.3 is 14.3 Å². The zero-order valence-electron chi connectivity index (χ0n) is 11.2. The van der Waals surface area contributed by atoms with E-state index >= 15 is 0 Å². The minimum Gasteiger partial charge on any atom is -0.465 e. The van der Waals surface area contributed by atoms with Crippen LogP contribution in [0.3, 0.4) is 0 Å². The standard InChI is InChI=1S/C13H21NO4/c1-4-14(6-5-7-15)9-11-8-12(10(2)18-11)13(16)17-3/h8,15H,4-7,9H2,1-3H3. The molecule has 102 valence electrons. The Hall–Kier alpha value is -1.33. The molecule has 0 radical (unpaired) electrons. The third-order valence-electron chi connectivity index (χ3n) is 2.83. The summed E-state index contributed by atoms with van der Waals surface area (Å²) in [6.45, 7) is 6.29. The van der Waals surface area contributed by atoms with Crippen molar-refractivity contribution >= 4 is 5.97 Å². The van der Waals surface area contributed by atoms with Crippen LogP contribution >= 0.6 is 0 Å². The summed E-state index contributed by atoms with van der Waals surface area (Å²) in [7, 11) is 1.36. The second-order valence-corrected chi connectivity index (χ2v) is 4.12. The van der Waals surface area contributed by atoms with Crippen molar-refractivity contribution in [2.75, 3.05) is 26.8 Å². The maximum atomic E-state index is 11.4. The summed E-state index contributed by atoms with van der Waals surface area (Å²) in [5, 5.41) is 8.82. The Morgan fingerprint density at radius 2 is 2.28 bits per heavy atom. The second kappa shape index (κ2) is 7.18. The van der Waals surface area contributed by atoms with Gasteiger partial charge in [-0.05, 0) is 26.0 Å². The third-order valence-corrected chi connectivity index (χ3v) is 2.83. The van der Waals surface area contributed by atoms with Gasteiger partial charge in [0.05, 0.1) is 13.7 Å². The number of furan rings is 1. The fraction of sp³-hybridized carbons (Fsp3) is 0.615. The van der Waals surface area contributed by atoms with E-state index in [4.69, 9.17) is 9.52 Å². The van der Waals surface area contributed by atoms with Gasteiger partial charge in [0.25, 0.3) is 0 Å². The number of rotatable bonds is 7. The lowest BCUT2D eigenvalue weighted by molar-refractivity contribution is 0.0599. The molecule has 0 atom stereocenters. The number of ether oxygens (including phenoxy) is 1. The molecular formula is C13H21NO4. The Labute approximate surface area is 107 Å². The molecule has 18 heavy (non-hydrogen) atoms. The maximum Gasteiger partial charge on any atom is 0.341 e. The molecule has 1 rings (SSSR count). The quantitative estimate of drug-likeness (QED) is 0.749. The minimum absolute atomic E-state index is 0.182. The van der Waals surface area contributed by atoms with Crippen LogP contribution in [0.4, 0.5) is 0 Å². The summed E-state index contributed by atoms with van der Waals surface area (Å²) in [6.07, 6.45) is 0.734. The monoisotopic (exact) mass is 255 g/mol. The molecule has 0 bridgehead atoms. The number of carbonyl (C=O) groups is 1. The summed E-state index contributed by atoms with van der Waals surface area (Å²) < 4.78 is 10.2. The number of hydrogen-bond donors (Lipinski definition) is 1. The summed E-state index contributed by atoms with van der Waals surface area (Å²) in [6, 6.07) is 1.72. The van der Waals surface area contributed by atoms with E-state index in [0.717, 1.165) is 25.3 Å². The van der Waals surface area contributed by atoms with E-state index in [1.165, 1.54) is 7.11 Å². The third kappa shape index (κ3) is 3.85. The van der Waals surface area contributed by atoms with Crippen LogP contribution in [-0.2, 0) is 11.3 Å². The SMILES string of the molecule is CCN(CCCO)Cc1cc(C(=O)OC)c(C)o1. The smallest absolute Gasteiger partial charge is 0.341 e. The summed E-state index contributed by atoms with van der Waals surface area (Å²) >= 11 is 0. The topological polar surface area (TPSA) is 62.9 Å². The molecule has 0 fully saturated rings. The van der Waals surface area contributed by atoms with Gasteiger partial charge >= 0.3 is 5.97 Å². The van der Waals surface area contributed by atoms with Crippen molar-refractivity contribution in [3.05, 3.63) is 23.2 Å². The van der Waals surface area contributed by atoms with E-state index in [1.54, 1.807) is 13.0 Å². The highest BCUT2D eigenvalue weighted by molar-refractivity contribution is 5.90. The number of aliphatic hydroxyl groups excluding tert-OH is 1. The first-order valence-electron chi connectivity index (χ1n) is 6.13. The molecule has 0 aliphatic heterocycles. The Bertz CT molecular complexity index is 386. The van der Waals surface area contributed by atoms with E-state index in [1.807, 2.05) is 6.92 Å². The van der Waals surface area contributed by atoms with Crippen LogP contribution in [0, 0.1) is 6.92 Å². The van der Waals surface area contributed by atoms with Crippen LogP contribution in [0.25, 0.3) is 0 Å². The van der Waals surface area contributed by atoms with Gasteiger partial charge in [0.1, 0.15) is 17.1 Å². The molecular weight excluding hydrogens is 234 g/mol. The molecule has 0 aliphatic carbocycles. The summed E-state index contributed by atoms with van der Waals surface area (Å²) in [5.74, 6) is 0.948. The first-order chi connectivity index (χ1) is 8.62.